The summed E-state index contributed by atoms with van der Waals surface area (Å²) in [6.45, 7) is 1.49. The second kappa shape index (κ2) is 5.86. The molecule has 2 heterocycles. The maximum Gasteiger partial charge on any atom is 0.422 e. The highest BCUT2D eigenvalue weighted by atomic mass is 19.4. The van der Waals surface area contributed by atoms with Gasteiger partial charge in [-0.05, 0) is 6.92 Å². The molecule has 0 N–H and O–H groups in total. The van der Waals surface area contributed by atoms with Crippen molar-refractivity contribution in [3.63, 3.8) is 0 Å². The maximum atomic E-state index is 13.6. The molecule has 2 aromatic heterocycles. The maximum absolute atomic E-state index is 13.6. The summed E-state index contributed by atoms with van der Waals surface area (Å²) in [5.74, 6) is -1.73. The summed E-state index contributed by atoms with van der Waals surface area (Å²) in [6.07, 6.45) is -3.40. The van der Waals surface area contributed by atoms with E-state index in [1.54, 1.807) is 0 Å². The molecule has 2 rings (SSSR count). The molecule has 0 aliphatic carbocycles. The lowest BCUT2D eigenvalue weighted by Gasteiger charge is -2.09. The van der Waals surface area contributed by atoms with E-state index in [0.29, 0.717) is 5.69 Å². The SMILES string of the molecule is Cc1nc(OCC(F)(F)F)ccc1-[n+]1cc(F)cc(F)c1C. The van der Waals surface area contributed by atoms with Gasteiger partial charge in [0.2, 0.25) is 23.5 Å². The molecule has 0 aromatic carbocycles. The van der Waals surface area contributed by atoms with Crippen molar-refractivity contribution in [3.8, 4) is 11.6 Å². The Kier molecular flexibility index (Phi) is 4.30. The van der Waals surface area contributed by atoms with Crippen LogP contribution in [0.4, 0.5) is 22.0 Å². The minimum Gasteiger partial charge on any atom is -0.468 e. The normalized spacial score (nSPS) is 11.6. The molecule has 0 bridgehead atoms. The van der Waals surface area contributed by atoms with Gasteiger partial charge in [0.25, 0.3) is 0 Å². The van der Waals surface area contributed by atoms with Crippen molar-refractivity contribution in [2.24, 2.45) is 0 Å². The van der Waals surface area contributed by atoms with Gasteiger partial charge in [-0.1, -0.05) is 0 Å². The number of ether oxygens (including phenoxy) is 1. The molecular weight excluding hydrogens is 307 g/mol. The standard InChI is InChI=1S/C14H12F5N2O/c1-8-12(21-6-10(15)5-11(16)9(21)2)3-4-13(20-8)22-7-14(17,18)19/h3-6H,7H2,1-2H3/q+1. The number of rotatable bonds is 3. The van der Waals surface area contributed by atoms with Gasteiger partial charge < -0.3 is 4.74 Å². The van der Waals surface area contributed by atoms with Crippen LogP contribution in [-0.4, -0.2) is 17.8 Å². The van der Waals surface area contributed by atoms with Gasteiger partial charge in [0, 0.05) is 25.1 Å². The summed E-state index contributed by atoms with van der Waals surface area (Å²) in [5, 5.41) is 0. The van der Waals surface area contributed by atoms with Crippen molar-refractivity contribution < 1.29 is 31.3 Å². The smallest absolute Gasteiger partial charge is 0.422 e. The van der Waals surface area contributed by atoms with Gasteiger partial charge in [0.05, 0.1) is 0 Å². The second-order valence-corrected chi connectivity index (χ2v) is 4.62. The predicted octanol–water partition coefficient (Wildman–Crippen LogP) is 3.19. The van der Waals surface area contributed by atoms with Gasteiger partial charge in [-0.15, -0.1) is 0 Å². The second-order valence-electron chi connectivity index (χ2n) is 4.62. The van der Waals surface area contributed by atoms with Gasteiger partial charge in [-0.25, -0.2) is 9.37 Å². The van der Waals surface area contributed by atoms with Crippen molar-refractivity contribution in [2.75, 3.05) is 6.61 Å². The largest absolute Gasteiger partial charge is 0.468 e. The summed E-state index contributed by atoms with van der Waals surface area (Å²) < 4.78 is 68.9. The fraction of sp³-hybridized carbons (Fsp3) is 0.286. The van der Waals surface area contributed by atoms with Crippen molar-refractivity contribution >= 4 is 0 Å². The monoisotopic (exact) mass is 319 g/mol. The van der Waals surface area contributed by atoms with Gasteiger partial charge in [-0.2, -0.15) is 22.1 Å². The van der Waals surface area contributed by atoms with Crippen molar-refractivity contribution in [1.29, 1.82) is 0 Å². The van der Waals surface area contributed by atoms with E-state index in [4.69, 9.17) is 0 Å². The minimum atomic E-state index is -4.47. The topological polar surface area (TPSA) is 26.0 Å². The first-order valence-corrected chi connectivity index (χ1v) is 6.22. The summed E-state index contributed by atoms with van der Waals surface area (Å²) >= 11 is 0. The Morgan fingerprint density at radius 3 is 2.45 bits per heavy atom. The van der Waals surface area contributed by atoms with Crippen LogP contribution in [0.3, 0.4) is 0 Å². The number of nitrogens with zero attached hydrogens (tertiary/aromatic N) is 2. The van der Waals surface area contributed by atoms with Crippen molar-refractivity contribution in [2.45, 2.75) is 20.0 Å². The predicted molar refractivity (Wildman–Crippen MR) is 66.7 cm³/mol. The fourth-order valence-electron chi connectivity index (χ4n) is 1.87. The number of hydrogen-bond acceptors (Lipinski definition) is 2. The zero-order valence-corrected chi connectivity index (χ0v) is 11.7. The number of pyridine rings is 2. The minimum absolute atomic E-state index is 0.148. The van der Waals surface area contributed by atoms with Crippen LogP contribution in [-0.2, 0) is 0 Å². The van der Waals surface area contributed by atoms with Crippen LogP contribution in [0.5, 0.6) is 5.88 Å². The van der Waals surface area contributed by atoms with Crippen LogP contribution < -0.4 is 9.30 Å². The van der Waals surface area contributed by atoms with E-state index in [1.165, 1.54) is 30.5 Å². The summed E-state index contributed by atoms with van der Waals surface area (Å²) in [7, 11) is 0. The van der Waals surface area contributed by atoms with Crippen LogP contribution in [0.1, 0.15) is 11.4 Å². The van der Waals surface area contributed by atoms with Crippen molar-refractivity contribution in [3.05, 3.63) is 47.4 Å². The van der Waals surface area contributed by atoms with Crippen LogP contribution in [0, 0.1) is 25.5 Å². The molecule has 3 nitrogen and oxygen atoms in total. The zero-order chi connectivity index (χ0) is 16.5. The molecule has 0 saturated heterocycles. The molecule has 22 heavy (non-hydrogen) atoms. The van der Waals surface area contributed by atoms with E-state index < -0.39 is 24.4 Å². The first kappa shape index (κ1) is 16.1. The highest BCUT2D eigenvalue weighted by Gasteiger charge is 2.29. The fourth-order valence-corrected chi connectivity index (χ4v) is 1.87. The molecule has 0 aliphatic heterocycles. The van der Waals surface area contributed by atoms with Crippen LogP contribution >= 0.6 is 0 Å². The lowest BCUT2D eigenvalue weighted by Crippen LogP contribution is -2.37. The number of halogens is 5. The average Bonchev–Trinajstić information content (AvgIpc) is 2.40. The summed E-state index contributed by atoms with van der Waals surface area (Å²) in [5.41, 5.74) is 0.767. The Bertz CT molecular complexity index is 700. The molecule has 2 aromatic rings. The molecule has 0 saturated carbocycles. The first-order chi connectivity index (χ1) is 10.2. The number of aromatic nitrogens is 2. The third-order valence-electron chi connectivity index (χ3n) is 2.90. The number of hydrogen-bond donors (Lipinski definition) is 0. The van der Waals surface area contributed by atoms with Gasteiger partial charge in [0.15, 0.2) is 18.2 Å². The van der Waals surface area contributed by atoms with Crippen LogP contribution in [0.25, 0.3) is 5.69 Å². The van der Waals surface area contributed by atoms with E-state index in [-0.39, 0.29) is 17.3 Å². The summed E-state index contributed by atoms with van der Waals surface area (Å²) in [6, 6.07) is 3.35. The molecule has 0 amide bonds. The molecule has 0 radical (unpaired) electrons. The Balaban J connectivity index is 2.35. The molecule has 0 spiro atoms. The average molecular weight is 319 g/mol. The van der Waals surface area contributed by atoms with E-state index in [1.807, 2.05) is 0 Å². The molecule has 8 heteroatoms. The highest BCUT2D eigenvalue weighted by molar-refractivity contribution is 5.31. The molecule has 0 aliphatic rings. The number of alkyl halides is 3. The lowest BCUT2D eigenvalue weighted by atomic mass is 10.2. The molecule has 0 unspecified atom stereocenters. The van der Waals surface area contributed by atoms with Gasteiger partial charge in [0.1, 0.15) is 5.69 Å². The highest BCUT2D eigenvalue weighted by Crippen LogP contribution is 2.19. The Morgan fingerprint density at radius 1 is 1.18 bits per heavy atom. The molecular formula is C14H12F5N2O+. The first-order valence-electron chi connectivity index (χ1n) is 6.22. The van der Waals surface area contributed by atoms with Gasteiger partial charge in [-0.3, -0.25) is 0 Å². The summed E-state index contributed by atoms with van der Waals surface area (Å²) in [4.78, 5) is 3.87. The molecule has 0 atom stereocenters. The van der Waals surface area contributed by atoms with Crippen LogP contribution in [0.2, 0.25) is 0 Å². The van der Waals surface area contributed by atoms with Crippen molar-refractivity contribution in [1.82, 2.24) is 4.98 Å². The molecule has 0 fully saturated rings. The zero-order valence-electron chi connectivity index (χ0n) is 11.7. The third kappa shape index (κ3) is 3.69. The van der Waals surface area contributed by atoms with Gasteiger partial charge >= 0.3 is 6.18 Å². The van der Waals surface area contributed by atoms with Crippen LogP contribution in [0.15, 0.2) is 24.4 Å². The van der Waals surface area contributed by atoms with E-state index in [9.17, 15) is 22.0 Å². The van der Waals surface area contributed by atoms with E-state index >= 15 is 0 Å². The molecule has 118 valence electrons. The van der Waals surface area contributed by atoms with E-state index in [2.05, 4.69) is 9.72 Å². The Morgan fingerprint density at radius 2 is 1.86 bits per heavy atom. The lowest BCUT2D eigenvalue weighted by molar-refractivity contribution is -0.607. The van der Waals surface area contributed by atoms with E-state index in [0.717, 1.165) is 12.3 Å². The number of aryl methyl sites for hydroxylation is 1. The Labute approximate surface area is 123 Å². The quantitative estimate of drug-likeness (QED) is 0.641. The third-order valence-corrected chi connectivity index (χ3v) is 2.90. The Hall–Kier alpha value is -2.25.